The molecule has 5 rings (SSSR count). The molecule has 0 fully saturated rings. The fourth-order valence-electron chi connectivity index (χ4n) is 4.68. The van der Waals surface area contributed by atoms with Crippen LogP contribution in [0.2, 0.25) is 0 Å². The van der Waals surface area contributed by atoms with Crippen LogP contribution in [0.3, 0.4) is 0 Å². The van der Waals surface area contributed by atoms with Gasteiger partial charge in [0.1, 0.15) is 0 Å². The Labute approximate surface area is 164 Å². The van der Waals surface area contributed by atoms with Gasteiger partial charge in [-0.3, -0.25) is 9.59 Å². The molecule has 0 heterocycles. The molecule has 0 amide bonds. The molecule has 0 radical (unpaired) electrons. The maximum Gasteiger partial charge on any atom is 0.234 e. The molecule has 0 bridgehead atoms. The van der Waals surface area contributed by atoms with Gasteiger partial charge in [-0.25, -0.2) is 0 Å². The van der Waals surface area contributed by atoms with Crippen molar-refractivity contribution in [2.45, 2.75) is 52.4 Å². The van der Waals surface area contributed by atoms with E-state index in [0.29, 0.717) is 11.1 Å². The van der Waals surface area contributed by atoms with Crippen molar-refractivity contribution >= 4 is 43.9 Å². The molecule has 1 aliphatic carbocycles. The summed E-state index contributed by atoms with van der Waals surface area (Å²) < 4.78 is 0. The van der Waals surface area contributed by atoms with Gasteiger partial charge in [-0.05, 0) is 61.0 Å². The summed E-state index contributed by atoms with van der Waals surface area (Å²) >= 11 is 0. The lowest BCUT2D eigenvalue weighted by molar-refractivity contribution is 0.0824. The molecular formula is C26H24O2. The third kappa shape index (κ3) is 2.09. The summed E-state index contributed by atoms with van der Waals surface area (Å²) in [5.74, 6) is -0.717. The molecule has 0 N–H and O–H groups in total. The Kier molecular flexibility index (Phi) is 3.10. The highest BCUT2D eigenvalue weighted by atomic mass is 16.2. The summed E-state index contributed by atoms with van der Waals surface area (Å²) in [6.45, 7) is 12.9. The largest absolute Gasteiger partial charge is 0.285 e. The van der Waals surface area contributed by atoms with Gasteiger partial charge >= 0.3 is 0 Å². The molecule has 0 aliphatic heterocycles. The van der Waals surface area contributed by atoms with E-state index >= 15 is 0 Å². The van der Waals surface area contributed by atoms with Gasteiger partial charge in [0, 0.05) is 16.5 Å². The number of rotatable bonds is 0. The van der Waals surface area contributed by atoms with E-state index in [9.17, 15) is 9.59 Å². The molecule has 28 heavy (non-hydrogen) atoms. The van der Waals surface area contributed by atoms with E-state index in [1.54, 1.807) is 0 Å². The number of hydrogen-bond donors (Lipinski definition) is 0. The van der Waals surface area contributed by atoms with Crippen molar-refractivity contribution in [3.63, 3.8) is 0 Å². The summed E-state index contributed by atoms with van der Waals surface area (Å²) in [5.41, 5.74) is 3.19. The highest BCUT2D eigenvalue weighted by Crippen LogP contribution is 2.46. The maximum atomic E-state index is 13.0. The lowest BCUT2D eigenvalue weighted by Gasteiger charge is -2.24. The second-order valence-corrected chi connectivity index (χ2v) is 10.2. The number of hydrogen-bond acceptors (Lipinski definition) is 2. The second-order valence-electron chi connectivity index (χ2n) is 10.2. The SMILES string of the molecule is CC(C)(C)c1cc2ccc3cc(C(C)(C)C)c4c5c(cc(c1)c2c35)C(=O)C4=O. The molecule has 2 heteroatoms. The minimum absolute atomic E-state index is 0.00911. The lowest BCUT2D eigenvalue weighted by atomic mass is 9.79. The Morgan fingerprint density at radius 1 is 0.607 bits per heavy atom. The standard InChI is InChI=1S/C26H24O2/c1-25(2,3)16-9-13-7-8-14-12-18(26(4,5)6)22-21-17(23(27)24(22)28)11-15(10-16)19(13)20(14)21/h7-12H,1-6H3. The molecule has 0 unspecified atom stereocenters. The molecule has 0 spiro atoms. The lowest BCUT2D eigenvalue weighted by Crippen LogP contribution is -2.17. The minimum Gasteiger partial charge on any atom is -0.285 e. The van der Waals surface area contributed by atoms with Crippen molar-refractivity contribution in [3.8, 4) is 0 Å². The molecule has 0 saturated heterocycles. The Balaban J connectivity index is 2.06. The average Bonchev–Trinajstić information content (AvgIpc) is 2.85. The first-order chi connectivity index (χ1) is 13.0. The predicted molar refractivity (Wildman–Crippen MR) is 116 cm³/mol. The van der Waals surface area contributed by atoms with E-state index < -0.39 is 0 Å². The summed E-state index contributed by atoms with van der Waals surface area (Å²) in [6.07, 6.45) is 0. The highest BCUT2D eigenvalue weighted by molar-refractivity contribution is 6.59. The van der Waals surface area contributed by atoms with Crippen molar-refractivity contribution in [3.05, 3.63) is 58.7 Å². The van der Waals surface area contributed by atoms with Crippen LogP contribution in [0.15, 0.2) is 36.4 Å². The summed E-state index contributed by atoms with van der Waals surface area (Å²) in [7, 11) is 0. The molecule has 4 aromatic carbocycles. The van der Waals surface area contributed by atoms with Crippen LogP contribution in [-0.2, 0) is 10.8 Å². The van der Waals surface area contributed by atoms with Gasteiger partial charge in [0.05, 0.1) is 0 Å². The Morgan fingerprint density at radius 3 is 1.82 bits per heavy atom. The first kappa shape index (κ1) is 17.4. The van der Waals surface area contributed by atoms with Crippen LogP contribution in [-0.4, -0.2) is 11.6 Å². The molecular weight excluding hydrogens is 344 g/mol. The Bertz CT molecular complexity index is 1340. The molecule has 0 aromatic heterocycles. The minimum atomic E-state index is -0.364. The number of ketones is 2. The van der Waals surface area contributed by atoms with Gasteiger partial charge in [0.2, 0.25) is 11.6 Å². The van der Waals surface area contributed by atoms with Crippen LogP contribution < -0.4 is 0 Å². The van der Waals surface area contributed by atoms with Gasteiger partial charge in [-0.2, -0.15) is 0 Å². The zero-order valence-corrected chi connectivity index (χ0v) is 17.3. The quantitative estimate of drug-likeness (QED) is 0.260. The van der Waals surface area contributed by atoms with E-state index in [1.807, 2.05) is 6.07 Å². The molecule has 1 aliphatic rings. The van der Waals surface area contributed by atoms with Crippen LogP contribution in [0.25, 0.3) is 32.3 Å². The van der Waals surface area contributed by atoms with Crippen LogP contribution >= 0.6 is 0 Å². The fourth-order valence-corrected chi connectivity index (χ4v) is 4.68. The number of benzene rings is 4. The number of carbonyl (C=O) groups is 2. The Morgan fingerprint density at radius 2 is 1.21 bits per heavy atom. The first-order valence-corrected chi connectivity index (χ1v) is 9.88. The van der Waals surface area contributed by atoms with Crippen LogP contribution in [0.4, 0.5) is 0 Å². The predicted octanol–water partition coefficient (Wildman–Crippen LogP) is 6.56. The molecule has 0 saturated carbocycles. The smallest absolute Gasteiger partial charge is 0.234 e. The van der Waals surface area contributed by atoms with Gasteiger partial charge in [0.25, 0.3) is 0 Å². The van der Waals surface area contributed by atoms with Crippen molar-refractivity contribution < 1.29 is 9.59 Å². The van der Waals surface area contributed by atoms with Crippen molar-refractivity contribution in [2.24, 2.45) is 0 Å². The third-order valence-electron chi connectivity index (χ3n) is 6.17. The second kappa shape index (κ2) is 5.00. The monoisotopic (exact) mass is 368 g/mol. The number of Topliss-reactive ketones (excluding diaryl/α,β-unsaturated/α-hetero) is 2. The molecule has 4 aromatic rings. The zero-order valence-electron chi connectivity index (χ0n) is 17.3. The van der Waals surface area contributed by atoms with Gasteiger partial charge < -0.3 is 0 Å². The highest BCUT2D eigenvalue weighted by Gasteiger charge is 2.37. The van der Waals surface area contributed by atoms with Gasteiger partial charge in [-0.1, -0.05) is 65.8 Å². The van der Waals surface area contributed by atoms with Crippen LogP contribution in [0.1, 0.15) is 73.4 Å². The topological polar surface area (TPSA) is 34.1 Å². The summed E-state index contributed by atoms with van der Waals surface area (Å²) in [6, 6.07) is 12.8. The third-order valence-corrected chi connectivity index (χ3v) is 6.17. The van der Waals surface area contributed by atoms with E-state index in [4.69, 9.17) is 0 Å². The average molecular weight is 368 g/mol. The van der Waals surface area contributed by atoms with E-state index in [1.165, 1.54) is 10.9 Å². The van der Waals surface area contributed by atoms with Crippen LogP contribution in [0.5, 0.6) is 0 Å². The molecule has 0 atom stereocenters. The van der Waals surface area contributed by atoms with E-state index in [-0.39, 0.29) is 22.4 Å². The first-order valence-electron chi connectivity index (χ1n) is 9.88. The van der Waals surface area contributed by atoms with Crippen molar-refractivity contribution in [1.82, 2.24) is 0 Å². The fraction of sp³-hybridized carbons (Fsp3) is 0.308. The van der Waals surface area contributed by atoms with Crippen molar-refractivity contribution in [1.29, 1.82) is 0 Å². The molecule has 140 valence electrons. The van der Waals surface area contributed by atoms with Crippen LogP contribution in [0, 0.1) is 0 Å². The van der Waals surface area contributed by atoms with Gasteiger partial charge in [-0.15, -0.1) is 0 Å². The summed E-state index contributed by atoms with van der Waals surface area (Å²) in [4.78, 5) is 25.9. The van der Waals surface area contributed by atoms with Gasteiger partial charge in [0.15, 0.2) is 0 Å². The van der Waals surface area contributed by atoms with E-state index in [0.717, 1.165) is 32.5 Å². The summed E-state index contributed by atoms with van der Waals surface area (Å²) in [5, 5.41) is 6.41. The number of carbonyl (C=O) groups excluding carboxylic acids is 2. The maximum absolute atomic E-state index is 13.0. The Hall–Kier alpha value is -2.74. The molecule has 2 nitrogen and oxygen atoms in total. The van der Waals surface area contributed by atoms with E-state index in [2.05, 4.69) is 71.9 Å². The normalized spacial score (nSPS) is 14.9. The zero-order chi connectivity index (χ0) is 20.2. The van der Waals surface area contributed by atoms with Crippen molar-refractivity contribution in [2.75, 3.05) is 0 Å².